The summed E-state index contributed by atoms with van der Waals surface area (Å²) in [5.74, 6) is -5.95. The van der Waals surface area contributed by atoms with E-state index in [9.17, 15) is 32.2 Å². The van der Waals surface area contributed by atoms with Gasteiger partial charge in [-0.05, 0) is 73.1 Å². The summed E-state index contributed by atoms with van der Waals surface area (Å²) in [5.41, 5.74) is -3.22. The van der Waals surface area contributed by atoms with E-state index in [0.717, 1.165) is 17.2 Å². The minimum atomic E-state index is -5.92. The Labute approximate surface area is 170 Å². The van der Waals surface area contributed by atoms with Crippen molar-refractivity contribution in [1.29, 1.82) is 0 Å². The molecule has 0 heterocycles. The highest BCUT2D eigenvalue weighted by atomic mass is 35.5. The van der Waals surface area contributed by atoms with E-state index >= 15 is 0 Å². The first-order valence-corrected chi connectivity index (χ1v) is 10.1. The molecule has 29 heavy (non-hydrogen) atoms. The number of phenols is 1. The van der Waals surface area contributed by atoms with Gasteiger partial charge in [0.05, 0.1) is 5.03 Å². The van der Waals surface area contributed by atoms with Crippen molar-refractivity contribution >= 4 is 11.6 Å². The Morgan fingerprint density at radius 3 is 2.48 bits per heavy atom. The molecule has 160 valence electrons. The first kappa shape index (κ1) is 20.9. The molecule has 1 aromatic carbocycles. The molecular formula is C21H22ClF5O2. The van der Waals surface area contributed by atoms with E-state index in [1.165, 1.54) is 6.92 Å². The molecule has 0 spiro atoms. The first-order chi connectivity index (χ1) is 13.3. The molecule has 0 aliphatic heterocycles. The summed E-state index contributed by atoms with van der Waals surface area (Å²) in [6.07, 6.45) is -2.97. The van der Waals surface area contributed by atoms with Crippen molar-refractivity contribution in [2.45, 2.75) is 62.6 Å². The number of aryl methyl sites for hydroxylation is 1. The Bertz CT molecular complexity index is 867. The van der Waals surface area contributed by atoms with Crippen LogP contribution in [0.2, 0.25) is 0 Å². The zero-order valence-electron chi connectivity index (χ0n) is 15.7. The lowest BCUT2D eigenvalue weighted by Crippen LogP contribution is -2.69. The number of benzene rings is 1. The topological polar surface area (TPSA) is 40.5 Å². The highest BCUT2D eigenvalue weighted by molar-refractivity contribution is 6.31. The molecule has 3 aliphatic carbocycles. The van der Waals surface area contributed by atoms with Crippen LogP contribution in [0.15, 0.2) is 29.3 Å². The average molecular weight is 437 g/mol. The lowest BCUT2D eigenvalue weighted by molar-refractivity contribution is -0.361. The third-order valence-electron chi connectivity index (χ3n) is 7.63. The normalized spacial score (nSPS) is 37.2. The summed E-state index contributed by atoms with van der Waals surface area (Å²) in [5, 5.41) is 19.9. The number of alkyl halides is 5. The highest BCUT2D eigenvalue weighted by Gasteiger charge is 2.78. The van der Waals surface area contributed by atoms with Crippen LogP contribution in [0.3, 0.4) is 0 Å². The minimum absolute atomic E-state index is 0.00791. The van der Waals surface area contributed by atoms with Crippen molar-refractivity contribution in [2.75, 3.05) is 0 Å². The van der Waals surface area contributed by atoms with E-state index < -0.39 is 34.1 Å². The molecule has 2 nitrogen and oxygen atoms in total. The van der Waals surface area contributed by atoms with Crippen molar-refractivity contribution in [3.8, 4) is 5.75 Å². The summed E-state index contributed by atoms with van der Waals surface area (Å²) in [6, 6.07) is 5.07. The van der Waals surface area contributed by atoms with Crippen LogP contribution in [0.1, 0.15) is 49.7 Å². The van der Waals surface area contributed by atoms with Crippen LogP contribution in [0.4, 0.5) is 22.0 Å². The van der Waals surface area contributed by atoms with Gasteiger partial charge in [0.2, 0.25) is 0 Å². The quantitative estimate of drug-likeness (QED) is 0.537. The molecule has 0 bridgehead atoms. The molecular weight excluding hydrogens is 415 g/mol. The summed E-state index contributed by atoms with van der Waals surface area (Å²) >= 11 is 5.90. The van der Waals surface area contributed by atoms with Crippen molar-refractivity contribution in [3.05, 3.63) is 40.4 Å². The van der Waals surface area contributed by atoms with Crippen LogP contribution in [0, 0.1) is 17.3 Å². The van der Waals surface area contributed by atoms with E-state index in [2.05, 4.69) is 0 Å². The van der Waals surface area contributed by atoms with Crippen LogP contribution in [-0.4, -0.2) is 27.9 Å². The largest absolute Gasteiger partial charge is 0.508 e. The van der Waals surface area contributed by atoms with Gasteiger partial charge in [-0.3, -0.25) is 0 Å². The highest BCUT2D eigenvalue weighted by Crippen LogP contribution is 2.67. The van der Waals surface area contributed by atoms with Crippen LogP contribution in [-0.2, 0) is 6.42 Å². The monoisotopic (exact) mass is 436 g/mol. The fraction of sp³-hybridized carbons (Fsp3) is 0.619. The fourth-order valence-electron chi connectivity index (χ4n) is 6.14. The Hall–Kier alpha value is -1.34. The number of aliphatic hydroxyl groups is 1. The summed E-state index contributed by atoms with van der Waals surface area (Å²) in [7, 11) is 0. The van der Waals surface area contributed by atoms with Gasteiger partial charge in [0.1, 0.15) is 5.75 Å². The fourth-order valence-corrected chi connectivity index (χ4v) is 6.56. The van der Waals surface area contributed by atoms with E-state index in [1.807, 2.05) is 6.07 Å². The molecule has 0 radical (unpaired) electrons. The Kier molecular flexibility index (Phi) is 4.57. The number of fused-ring (bicyclic) bond motifs is 5. The molecule has 0 aromatic heterocycles. The van der Waals surface area contributed by atoms with Crippen LogP contribution in [0.5, 0.6) is 5.75 Å². The summed E-state index contributed by atoms with van der Waals surface area (Å²) in [6.45, 7) is 1.33. The molecule has 1 fully saturated rings. The van der Waals surface area contributed by atoms with Gasteiger partial charge in [-0.25, -0.2) is 0 Å². The smallest absolute Gasteiger partial charge is 0.456 e. The number of aromatic hydroxyl groups is 1. The van der Waals surface area contributed by atoms with Crippen molar-refractivity contribution in [3.63, 3.8) is 0 Å². The second-order valence-electron chi connectivity index (χ2n) is 8.83. The van der Waals surface area contributed by atoms with Crippen molar-refractivity contribution in [1.82, 2.24) is 0 Å². The van der Waals surface area contributed by atoms with Crippen molar-refractivity contribution < 1.29 is 32.2 Å². The van der Waals surface area contributed by atoms with Gasteiger partial charge in [0, 0.05) is 5.41 Å². The van der Waals surface area contributed by atoms with Gasteiger partial charge >= 0.3 is 12.1 Å². The number of allylic oxidation sites excluding steroid dienone is 1. The van der Waals surface area contributed by atoms with Crippen LogP contribution >= 0.6 is 11.6 Å². The maximum absolute atomic E-state index is 14.6. The van der Waals surface area contributed by atoms with Gasteiger partial charge < -0.3 is 10.2 Å². The Morgan fingerprint density at radius 2 is 1.83 bits per heavy atom. The van der Waals surface area contributed by atoms with E-state index in [0.29, 0.717) is 19.3 Å². The molecule has 1 aromatic rings. The number of halogens is 6. The van der Waals surface area contributed by atoms with E-state index in [4.69, 9.17) is 11.6 Å². The molecule has 0 unspecified atom stereocenters. The SMILES string of the molecule is C[C@]12CC[C@@H]3c4ccc(O)cc4CC[C@H]3[C@@H]1CC=C(Cl)[C@@]2(O)C(F)(F)C(F)(F)F. The Balaban J connectivity index is 1.79. The van der Waals surface area contributed by atoms with E-state index in [1.54, 1.807) is 12.1 Å². The predicted molar refractivity (Wildman–Crippen MR) is 98.0 cm³/mol. The molecule has 5 atom stereocenters. The van der Waals surface area contributed by atoms with Gasteiger partial charge in [-0.15, -0.1) is 0 Å². The third kappa shape index (κ3) is 2.62. The molecule has 8 heteroatoms. The number of hydrogen-bond acceptors (Lipinski definition) is 2. The lowest BCUT2D eigenvalue weighted by Gasteiger charge is -2.60. The van der Waals surface area contributed by atoms with E-state index in [-0.39, 0.29) is 30.4 Å². The first-order valence-electron chi connectivity index (χ1n) is 9.69. The average Bonchev–Trinajstić information content (AvgIpc) is 2.63. The lowest BCUT2D eigenvalue weighted by atomic mass is 9.47. The second-order valence-corrected chi connectivity index (χ2v) is 9.23. The van der Waals surface area contributed by atoms with Gasteiger partial charge in [-0.1, -0.05) is 30.7 Å². The summed E-state index contributed by atoms with van der Waals surface area (Å²) in [4.78, 5) is 0. The summed E-state index contributed by atoms with van der Waals surface area (Å²) < 4.78 is 69.2. The van der Waals surface area contributed by atoms with Crippen molar-refractivity contribution in [2.24, 2.45) is 17.3 Å². The zero-order chi connectivity index (χ0) is 21.4. The maximum atomic E-state index is 14.6. The van der Waals surface area contributed by atoms with Gasteiger partial charge in [0.25, 0.3) is 0 Å². The number of phenolic OH excluding ortho intramolecular Hbond substituents is 1. The predicted octanol–water partition coefficient (Wildman–Crippen LogP) is 5.91. The van der Waals surface area contributed by atoms with Crippen LogP contribution in [0.25, 0.3) is 0 Å². The molecule has 0 saturated heterocycles. The minimum Gasteiger partial charge on any atom is -0.508 e. The second kappa shape index (κ2) is 6.33. The molecule has 3 aliphatic rings. The molecule has 1 saturated carbocycles. The molecule has 4 rings (SSSR count). The maximum Gasteiger partial charge on any atom is 0.456 e. The number of hydrogen-bond donors (Lipinski definition) is 2. The molecule has 2 N–H and O–H groups in total. The Morgan fingerprint density at radius 1 is 1.14 bits per heavy atom. The zero-order valence-corrected chi connectivity index (χ0v) is 16.5. The number of rotatable bonds is 1. The molecule has 0 amide bonds. The van der Waals surface area contributed by atoms with Gasteiger partial charge in [0.15, 0.2) is 5.60 Å². The van der Waals surface area contributed by atoms with Gasteiger partial charge in [-0.2, -0.15) is 22.0 Å². The third-order valence-corrected chi connectivity index (χ3v) is 8.06. The van der Waals surface area contributed by atoms with Crippen LogP contribution < -0.4 is 0 Å². The standard InChI is InChI=1S/C21H22ClF5O2/c1-18-9-8-14-13-5-3-12(28)10-11(13)2-4-15(14)16(18)6-7-17(22)19(18,29)20(23,24)21(25,26)27/h3,5,7,10,14-16,28-29H,2,4,6,8-9H2,1H3/t14-,15-,16+,18+,19+/m1/s1.